The van der Waals surface area contributed by atoms with Crippen LogP contribution in [-0.2, 0) is 10.2 Å². The zero-order valence-corrected chi connectivity index (χ0v) is 11.2. The lowest BCUT2D eigenvalue weighted by Gasteiger charge is -2.23. The van der Waals surface area contributed by atoms with Crippen molar-refractivity contribution in [2.75, 3.05) is 7.11 Å². The highest BCUT2D eigenvalue weighted by molar-refractivity contribution is 6.35. The summed E-state index contributed by atoms with van der Waals surface area (Å²) in [6.45, 7) is 5.17. The van der Waals surface area contributed by atoms with Crippen LogP contribution in [0.5, 0.6) is 5.75 Å². The van der Waals surface area contributed by atoms with Gasteiger partial charge in [0.2, 0.25) is 0 Å². The smallest absolute Gasteiger partial charge is 0.139 e. The Balaban J connectivity index is 3.37. The fraction of sp³-hybridized carbons (Fsp3) is 0.417. The Hall–Kier alpha value is -0.730. The molecule has 0 N–H and O–H groups in total. The van der Waals surface area contributed by atoms with Crippen LogP contribution in [0.1, 0.15) is 26.3 Å². The molecule has 0 saturated heterocycles. The maximum Gasteiger partial charge on any atom is 0.139 e. The van der Waals surface area contributed by atoms with Gasteiger partial charge in [0.1, 0.15) is 11.5 Å². The van der Waals surface area contributed by atoms with Gasteiger partial charge in [0, 0.05) is 16.5 Å². The third kappa shape index (κ3) is 2.33. The number of hydrogen-bond donors (Lipinski definition) is 0. The molecule has 0 heterocycles. The molecule has 0 spiro atoms. The lowest BCUT2D eigenvalue weighted by molar-refractivity contribution is -0.121. The molecule has 4 heteroatoms. The van der Waals surface area contributed by atoms with Crippen LogP contribution in [0, 0.1) is 0 Å². The third-order valence-corrected chi connectivity index (χ3v) is 3.40. The second-order valence-corrected chi connectivity index (χ2v) is 4.96. The summed E-state index contributed by atoms with van der Waals surface area (Å²) < 4.78 is 5.05. The summed E-state index contributed by atoms with van der Waals surface area (Å²) >= 11 is 12.1. The second kappa shape index (κ2) is 4.64. The maximum atomic E-state index is 11.6. The molecule has 16 heavy (non-hydrogen) atoms. The van der Waals surface area contributed by atoms with E-state index in [1.807, 2.05) is 13.8 Å². The number of Topliss-reactive ketones (excluding diaryl/α,β-unsaturated/α-hetero) is 1. The van der Waals surface area contributed by atoms with E-state index in [4.69, 9.17) is 27.9 Å². The number of methoxy groups -OCH3 is 1. The molecule has 2 nitrogen and oxygen atoms in total. The molecule has 0 fully saturated rings. The van der Waals surface area contributed by atoms with Gasteiger partial charge in [0.25, 0.3) is 0 Å². The summed E-state index contributed by atoms with van der Waals surface area (Å²) in [5, 5.41) is 0.942. The summed E-state index contributed by atoms with van der Waals surface area (Å²) in [5.41, 5.74) is 0.0694. The monoisotopic (exact) mass is 260 g/mol. The van der Waals surface area contributed by atoms with Crippen LogP contribution < -0.4 is 4.74 Å². The third-order valence-electron chi connectivity index (χ3n) is 2.79. The van der Waals surface area contributed by atoms with Crippen molar-refractivity contribution >= 4 is 29.0 Å². The zero-order chi connectivity index (χ0) is 12.5. The lowest BCUT2D eigenvalue weighted by atomic mass is 9.81. The normalized spacial score (nSPS) is 11.4. The first-order valence-corrected chi connectivity index (χ1v) is 5.61. The number of rotatable bonds is 3. The number of carbonyl (C=O) groups is 1. The first-order valence-electron chi connectivity index (χ1n) is 4.85. The van der Waals surface area contributed by atoms with Crippen LogP contribution in [0.25, 0.3) is 0 Å². The van der Waals surface area contributed by atoms with E-state index < -0.39 is 5.41 Å². The molecule has 1 aromatic rings. The van der Waals surface area contributed by atoms with Gasteiger partial charge in [-0.15, -0.1) is 0 Å². The van der Waals surface area contributed by atoms with Gasteiger partial charge in [-0.1, -0.05) is 23.2 Å². The van der Waals surface area contributed by atoms with E-state index in [0.29, 0.717) is 21.4 Å². The van der Waals surface area contributed by atoms with Crippen LogP contribution in [0.15, 0.2) is 12.1 Å². The Kier molecular flexibility index (Phi) is 3.87. The number of carbonyl (C=O) groups excluding carboxylic acids is 1. The van der Waals surface area contributed by atoms with Crippen LogP contribution in [0.3, 0.4) is 0 Å². The Morgan fingerprint density at radius 3 is 2.25 bits per heavy atom. The van der Waals surface area contributed by atoms with E-state index >= 15 is 0 Å². The number of halogens is 2. The summed E-state index contributed by atoms with van der Waals surface area (Å²) in [5.74, 6) is 0.547. The van der Waals surface area contributed by atoms with Crippen molar-refractivity contribution in [1.29, 1.82) is 0 Å². The molecule has 0 aliphatic rings. The van der Waals surface area contributed by atoms with Crippen LogP contribution in [0.2, 0.25) is 10.0 Å². The quantitative estimate of drug-likeness (QED) is 0.825. The Morgan fingerprint density at radius 1 is 1.25 bits per heavy atom. The Labute approximate surface area is 106 Å². The highest BCUT2D eigenvalue weighted by Gasteiger charge is 2.29. The molecule has 0 bridgehead atoms. The first-order chi connectivity index (χ1) is 7.30. The molecular weight excluding hydrogens is 247 g/mol. The lowest BCUT2D eigenvalue weighted by Crippen LogP contribution is -2.26. The molecule has 0 atom stereocenters. The van der Waals surface area contributed by atoms with Gasteiger partial charge in [0.15, 0.2) is 0 Å². The molecule has 0 aromatic heterocycles. The predicted octanol–water partition coefficient (Wildman–Crippen LogP) is 3.87. The van der Waals surface area contributed by atoms with Crippen LogP contribution >= 0.6 is 23.2 Å². The number of ether oxygens (including phenoxy) is 1. The average Bonchev–Trinajstić information content (AvgIpc) is 2.20. The minimum atomic E-state index is -0.646. The van der Waals surface area contributed by atoms with Gasteiger partial charge in [-0.3, -0.25) is 4.79 Å². The molecule has 0 aliphatic heterocycles. The molecule has 0 amide bonds. The van der Waals surface area contributed by atoms with Crippen LogP contribution in [0.4, 0.5) is 0 Å². The molecule has 88 valence electrons. The average molecular weight is 261 g/mol. The predicted molar refractivity (Wildman–Crippen MR) is 66.7 cm³/mol. The number of hydrogen-bond acceptors (Lipinski definition) is 2. The van der Waals surface area contributed by atoms with Crippen molar-refractivity contribution in [3.63, 3.8) is 0 Å². The fourth-order valence-electron chi connectivity index (χ4n) is 1.35. The van der Waals surface area contributed by atoms with Crippen LogP contribution in [-0.4, -0.2) is 12.9 Å². The van der Waals surface area contributed by atoms with Crippen molar-refractivity contribution in [2.45, 2.75) is 26.2 Å². The molecule has 0 saturated carbocycles. The fourth-order valence-corrected chi connectivity index (χ4v) is 1.98. The van der Waals surface area contributed by atoms with Gasteiger partial charge in [-0.2, -0.15) is 0 Å². The van der Waals surface area contributed by atoms with E-state index in [9.17, 15) is 4.79 Å². The minimum absolute atomic E-state index is 0.0376. The summed E-state index contributed by atoms with van der Waals surface area (Å²) in [6.07, 6.45) is 0. The summed E-state index contributed by atoms with van der Waals surface area (Å²) in [7, 11) is 1.52. The van der Waals surface area contributed by atoms with Gasteiger partial charge >= 0.3 is 0 Å². The molecule has 0 unspecified atom stereocenters. The summed E-state index contributed by atoms with van der Waals surface area (Å²) in [4.78, 5) is 11.6. The van der Waals surface area contributed by atoms with Crippen molar-refractivity contribution < 1.29 is 9.53 Å². The summed E-state index contributed by atoms with van der Waals surface area (Å²) in [6, 6.07) is 3.31. The zero-order valence-electron chi connectivity index (χ0n) is 9.73. The first kappa shape index (κ1) is 13.3. The molecule has 1 rings (SSSR count). The second-order valence-electron chi connectivity index (χ2n) is 4.15. The molecule has 0 radical (unpaired) electrons. The van der Waals surface area contributed by atoms with Gasteiger partial charge in [-0.25, -0.2) is 0 Å². The van der Waals surface area contributed by atoms with Crippen molar-refractivity contribution in [3.05, 3.63) is 27.7 Å². The van der Waals surface area contributed by atoms with E-state index in [1.54, 1.807) is 12.1 Å². The SMILES string of the molecule is COc1cc(Cl)c(C(C)(C)C(C)=O)cc1Cl. The van der Waals surface area contributed by atoms with Gasteiger partial charge in [0.05, 0.1) is 12.1 Å². The highest BCUT2D eigenvalue weighted by atomic mass is 35.5. The molecule has 0 aliphatic carbocycles. The van der Waals surface area contributed by atoms with Crippen molar-refractivity contribution in [1.82, 2.24) is 0 Å². The van der Waals surface area contributed by atoms with E-state index in [0.717, 1.165) is 0 Å². The number of benzene rings is 1. The topological polar surface area (TPSA) is 26.3 Å². The Bertz CT molecular complexity index is 425. The molecular formula is C12H14Cl2O2. The van der Waals surface area contributed by atoms with E-state index in [1.165, 1.54) is 14.0 Å². The largest absolute Gasteiger partial charge is 0.495 e. The molecule has 1 aromatic carbocycles. The standard InChI is InChI=1S/C12H14Cl2O2/c1-7(15)12(2,3)8-5-10(14)11(16-4)6-9(8)13/h5-6H,1-4H3. The maximum absolute atomic E-state index is 11.6. The Morgan fingerprint density at radius 2 is 1.81 bits per heavy atom. The minimum Gasteiger partial charge on any atom is -0.495 e. The van der Waals surface area contributed by atoms with E-state index in [2.05, 4.69) is 0 Å². The van der Waals surface area contributed by atoms with E-state index in [-0.39, 0.29) is 5.78 Å². The van der Waals surface area contributed by atoms with Gasteiger partial charge < -0.3 is 4.74 Å². The number of ketones is 1. The highest BCUT2D eigenvalue weighted by Crippen LogP contribution is 2.37. The van der Waals surface area contributed by atoms with Crippen molar-refractivity contribution in [3.8, 4) is 5.75 Å². The van der Waals surface area contributed by atoms with Gasteiger partial charge in [-0.05, 0) is 32.4 Å². The van der Waals surface area contributed by atoms with Crippen molar-refractivity contribution in [2.24, 2.45) is 0 Å².